The molecule has 1 atom stereocenters. The highest BCUT2D eigenvalue weighted by atomic mass is 16.5. The summed E-state index contributed by atoms with van der Waals surface area (Å²) < 4.78 is 7.75. The molecule has 138 valence electrons. The van der Waals surface area contributed by atoms with Crippen LogP contribution in [0.5, 0.6) is 5.75 Å². The van der Waals surface area contributed by atoms with Crippen molar-refractivity contribution in [3.8, 4) is 11.4 Å². The number of ether oxygens (including phenoxy) is 1. The van der Waals surface area contributed by atoms with E-state index in [1.54, 1.807) is 10.9 Å². The molecular formula is C23H19N3O2. The SMILES string of the molecule is O=C(Nc1cccc(-n2cccn2)c1)C(Oc1ccccc1)c1ccccc1. The molecule has 1 N–H and O–H groups in total. The molecule has 1 unspecified atom stereocenters. The highest BCUT2D eigenvalue weighted by Crippen LogP contribution is 2.24. The molecule has 4 aromatic rings. The maximum Gasteiger partial charge on any atom is 0.270 e. The monoisotopic (exact) mass is 369 g/mol. The van der Waals surface area contributed by atoms with Gasteiger partial charge in [-0.1, -0.05) is 54.6 Å². The molecule has 0 saturated carbocycles. The minimum Gasteiger partial charge on any atom is -0.476 e. The minimum absolute atomic E-state index is 0.243. The van der Waals surface area contributed by atoms with Crippen molar-refractivity contribution in [1.82, 2.24) is 9.78 Å². The summed E-state index contributed by atoms with van der Waals surface area (Å²) in [6.45, 7) is 0. The lowest BCUT2D eigenvalue weighted by Crippen LogP contribution is -2.25. The van der Waals surface area contributed by atoms with Crippen molar-refractivity contribution in [3.63, 3.8) is 0 Å². The molecule has 28 heavy (non-hydrogen) atoms. The average Bonchev–Trinajstić information content (AvgIpc) is 3.28. The van der Waals surface area contributed by atoms with Crippen LogP contribution >= 0.6 is 0 Å². The summed E-state index contributed by atoms with van der Waals surface area (Å²) in [6, 6.07) is 28.2. The van der Waals surface area contributed by atoms with Gasteiger partial charge in [-0.15, -0.1) is 0 Å². The van der Waals surface area contributed by atoms with Gasteiger partial charge in [-0.05, 0) is 36.4 Å². The number of para-hydroxylation sites is 1. The van der Waals surface area contributed by atoms with Crippen molar-refractivity contribution in [3.05, 3.63) is 109 Å². The zero-order valence-electron chi connectivity index (χ0n) is 15.1. The Kier molecular flexibility index (Phi) is 5.15. The van der Waals surface area contributed by atoms with Crippen LogP contribution in [0.3, 0.4) is 0 Å². The summed E-state index contributed by atoms with van der Waals surface area (Å²) in [6.07, 6.45) is 2.80. The molecule has 0 aliphatic rings. The number of amides is 1. The van der Waals surface area contributed by atoms with Crippen LogP contribution < -0.4 is 10.1 Å². The predicted molar refractivity (Wildman–Crippen MR) is 108 cm³/mol. The number of hydrogen-bond acceptors (Lipinski definition) is 3. The van der Waals surface area contributed by atoms with Gasteiger partial charge in [-0.25, -0.2) is 4.68 Å². The Morgan fingerprint density at radius 2 is 1.64 bits per heavy atom. The van der Waals surface area contributed by atoms with E-state index in [4.69, 9.17) is 4.74 Å². The van der Waals surface area contributed by atoms with Gasteiger partial charge in [0.05, 0.1) is 5.69 Å². The molecule has 3 aromatic carbocycles. The fourth-order valence-corrected chi connectivity index (χ4v) is 2.89. The van der Waals surface area contributed by atoms with Crippen molar-refractivity contribution in [1.29, 1.82) is 0 Å². The zero-order valence-corrected chi connectivity index (χ0v) is 15.1. The second-order valence-corrected chi connectivity index (χ2v) is 6.21. The van der Waals surface area contributed by atoms with Crippen molar-refractivity contribution >= 4 is 11.6 Å². The third-order valence-corrected chi connectivity index (χ3v) is 4.22. The van der Waals surface area contributed by atoms with Crippen molar-refractivity contribution in [2.75, 3.05) is 5.32 Å². The van der Waals surface area contributed by atoms with Crippen LogP contribution in [0.25, 0.3) is 5.69 Å². The van der Waals surface area contributed by atoms with Crippen LogP contribution in [0.1, 0.15) is 11.7 Å². The Labute approximate surface area is 163 Å². The number of aromatic nitrogens is 2. The number of nitrogens with zero attached hydrogens (tertiary/aromatic N) is 2. The third kappa shape index (κ3) is 4.10. The molecule has 0 spiro atoms. The number of anilines is 1. The molecule has 0 aliphatic carbocycles. The van der Waals surface area contributed by atoms with E-state index >= 15 is 0 Å². The number of rotatable bonds is 6. The first-order valence-electron chi connectivity index (χ1n) is 8.97. The zero-order chi connectivity index (χ0) is 19.2. The summed E-state index contributed by atoms with van der Waals surface area (Å²) in [5.74, 6) is 0.393. The molecule has 1 heterocycles. The standard InChI is InChI=1S/C23H19N3O2/c27-23(25-19-11-7-12-20(17-19)26-16-8-15-24-26)22(18-9-3-1-4-10-18)28-21-13-5-2-6-14-21/h1-17,22H,(H,25,27). The average molecular weight is 369 g/mol. The smallest absolute Gasteiger partial charge is 0.270 e. The first-order chi connectivity index (χ1) is 13.8. The van der Waals surface area contributed by atoms with Gasteiger partial charge < -0.3 is 10.1 Å². The Balaban J connectivity index is 1.58. The maximum atomic E-state index is 13.1. The quantitative estimate of drug-likeness (QED) is 0.539. The van der Waals surface area contributed by atoms with Gasteiger partial charge in [-0.3, -0.25) is 4.79 Å². The van der Waals surface area contributed by atoms with Gasteiger partial charge in [0.25, 0.3) is 5.91 Å². The summed E-state index contributed by atoms with van der Waals surface area (Å²) >= 11 is 0. The number of carbonyl (C=O) groups is 1. The molecule has 5 nitrogen and oxygen atoms in total. The molecule has 4 rings (SSSR count). The molecule has 0 saturated heterocycles. The Morgan fingerprint density at radius 3 is 2.36 bits per heavy atom. The van der Waals surface area contributed by atoms with E-state index in [0.717, 1.165) is 11.3 Å². The third-order valence-electron chi connectivity index (χ3n) is 4.22. The summed E-state index contributed by atoms with van der Waals surface area (Å²) in [5.41, 5.74) is 2.32. The van der Waals surface area contributed by atoms with Crippen molar-refractivity contribution < 1.29 is 9.53 Å². The molecule has 1 aromatic heterocycles. The fraction of sp³-hybridized carbons (Fsp3) is 0.0435. The number of benzene rings is 3. The first kappa shape index (κ1) is 17.5. The van der Waals surface area contributed by atoms with Gasteiger partial charge in [-0.2, -0.15) is 5.10 Å². The fourth-order valence-electron chi connectivity index (χ4n) is 2.89. The summed E-state index contributed by atoms with van der Waals surface area (Å²) in [7, 11) is 0. The Bertz CT molecular complexity index is 1030. The normalized spacial score (nSPS) is 11.6. The maximum absolute atomic E-state index is 13.1. The van der Waals surface area contributed by atoms with Crippen molar-refractivity contribution in [2.45, 2.75) is 6.10 Å². The van der Waals surface area contributed by atoms with Crippen LogP contribution in [0.4, 0.5) is 5.69 Å². The predicted octanol–water partition coefficient (Wildman–Crippen LogP) is 4.63. The van der Waals surface area contributed by atoms with E-state index in [0.29, 0.717) is 11.4 Å². The van der Waals surface area contributed by atoms with Crippen LogP contribution in [0.15, 0.2) is 103 Å². The number of nitrogens with one attached hydrogen (secondary N) is 1. The summed E-state index contributed by atoms with van der Waals surface area (Å²) in [4.78, 5) is 13.1. The molecule has 0 aliphatic heterocycles. The first-order valence-corrected chi connectivity index (χ1v) is 8.97. The van der Waals surface area contributed by atoms with Gasteiger partial charge in [0, 0.05) is 23.6 Å². The largest absolute Gasteiger partial charge is 0.476 e. The molecule has 5 heteroatoms. The van der Waals surface area contributed by atoms with Gasteiger partial charge in [0.1, 0.15) is 5.75 Å². The highest BCUT2D eigenvalue weighted by molar-refractivity contribution is 5.95. The number of carbonyl (C=O) groups excluding carboxylic acids is 1. The van der Waals surface area contributed by atoms with Gasteiger partial charge >= 0.3 is 0 Å². The Morgan fingerprint density at radius 1 is 0.893 bits per heavy atom. The topological polar surface area (TPSA) is 56.2 Å². The molecule has 1 amide bonds. The number of hydrogen-bond donors (Lipinski definition) is 1. The van der Waals surface area contributed by atoms with E-state index in [1.807, 2.05) is 97.2 Å². The molecule has 0 radical (unpaired) electrons. The molecule has 0 fully saturated rings. The minimum atomic E-state index is -0.767. The molecule has 0 bridgehead atoms. The lowest BCUT2D eigenvalue weighted by atomic mass is 10.1. The van der Waals surface area contributed by atoms with Crippen LogP contribution in [0, 0.1) is 0 Å². The van der Waals surface area contributed by atoms with Crippen LogP contribution in [-0.2, 0) is 4.79 Å². The van der Waals surface area contributed by atoms with E-state index < -0.39 is 6.10 Å². The van der Waals surface area contributed by atoms with Crippen molar-refractivity contribution in [2.24, 2.45) is 0 Å². The lowest BCUT2D eigenvalue weighted by Gasteiger charge is -2.19. The second kappa shape index (κ2) is 8.22. The second-order valence-electron chi connectivity index (χ2n) is 6.21. The van der Waals surface area contributed by atoms with Gasteiger partial charge in [0.15, 0.2) is 0 Å². The summed E-state index contributed by atoms with van der Waals surface area (Å²) in [5, 5.41) is 7.18. The van der Waals surface area contributed by atoms with Crippen LogP contribution in [0.2, 0.25) is 0 Å². The highest BCUT2D eigenvalue weighted by Gasteiger charge is 2.23. The van der Waals surface area contributed by atoms with E-state index in [-0.39, 0.29) is 5.91 Å². The van der Waals surface area contributed by atoms with Crippen LogP contribution in [-0.4, -0.2) is 15.7 Å². The van der Waals surface area contributed by atoms with E-state index in [9.17, 15) is 4.79 Å². The Hall–Kier alpha value is -3.86. The van der Waals surface area contributed by atoms with E-state index in [2.05, 4.69) is 10.4 Å². The van der Waals surface area contributed by atoms with Gasteiger partial charge in [0.2, 0.25) is 6.10 Å². The molecular weight excluding hydrogens is 350 g/mol. The van der Waals surface area contributed by atoms with E-state index in [1.165, 1.54) is 0 Å². The lowest BCUT2D eigenvalue weighted by molar-refractivity contribution is -0.123.